The van der Waals surface area contributed by atoms with Gasteiger partial charge >= 0.3 is 0 Å². The van der Waals surface area contributed by atoms with Gasteiger partial charge in [0, 0.05) is 0 Å². The minimum atomic E-state index is -0.344. The summed E-state index contributed by atoms with van der Waals surface area (Å²) >= 11 is 0. The molecule has 62 valence electrons. The molecule has 0 aromatic rings. The zero-order valence-electron chi connectivity index (χ0n) is 7.31. The van der Waals surface area contributed by atoms with Gasteiger partial charge in [-0.15, -0.1) is 0 Å². The van der Waals surface area contributed by atoms with E-state index in [2.05, 4.69) is 6.58 Å². The normalized spacial score (nSPS) is 29.0. The van der Waals surface area contributed by atoms with Gasteiger partial charge in [-0.1, -0.05) is 6.58 Å². The molecule has 0 radical (unpaired) electrons. The number of ether oxygens (including phenoxy) is 1. The molecule has 11 heavy (non-hydrogen) atoms. The van der Waals surface area contributed by atoms with Gasteiger partial charge in [0.25, 0.3) is 0 Å². The molecule has 1 saturated heterocycles. The molecule has 2 nitrogen and oxygen atoms in total. The summed E-state index contributed by atoms with van der Waals surface area (Å²) in [4.78, 5) is 11.1. The van der Waals surface area contributed by atoms with Crippen LogP contribution in [0.3, 0.4) is 0 Å². The molecule has 0 aromatic carbocycles. The molecule has 1 fully saturated rings. The van der Waals surface area contributed by atoms with Crippen LogP contribution in [0, 0.1) is 5.92 Å². The van der Waals surface area contributed by atoms with E-state index in [1.807, 2.05) is 13.8 Å². The second kappa shape index (κ2) is 2.45. The Hall–Kier alpha value is -0.630. The van der Waals surface area contributed by atoms with E-state index in [0.717, 1.165) is 5.57 Å². The topological polar surface area (TPSA) is 26.3 Å². The monoisotopic (exact) mass is 154 g/mol. The van der Waals surface area contributed by atoms with Gasteiger partial charge in [-0.25, -0.2) is 0 Å². The van der Waals surface area contributed by atoms with Crippen LogP contribution in [0.15, 0.2) is 12.2 Å². The zero-order valence-corrected chi connectivity index (χ0v) is 7.31. The van der Waals surface area contributed by atoms with Gasteiger partial charge < -0.3 is 4.74 Å². The minimum Gasteiger partial charge on any atom is -0.370 e. The number of carbonyl (C=O) groups excluding carboxylic acids is 1. The molecular formula is C9H14O2. The first kappa shape index (κ1) is 8.47. The third kappa shape index (κ3) is 1.36. The average molecular weight is 154 g/mol. The lowest BCUT2D eigenvalue weighted by Crippen LogP contribution is -2.32. The van der Waals surface area contributed by atoms with Gasteiger partial charge in [0.1, 0.15) is 5.78 Å². The van der Waals surface area contributed by atoms with Crippen molar-refractivity contribution in [2.75, 3.05) is 6.61 Å². The maximum Gasteiger partial charge on any atom is 0.139 e. The number of hydrogen-bond donors (Lipinski definition) is 0. The highest BCUT2D eigenvalue weighted by atomic mass is 16.5. The van der Waals surface area contributed by atoms with Crippen LogP contribution in [0.4, 0.5) is 0 Å². The van der Waals surface area contributed by atoms with E-state index in [9.17, 15) is 4.79 Å². The second-order valence-electron chi connectivity index (χ2n) is 3.59. The third-order valence-electron chi connectivity index (χ3n) is 2.14. The molecule has 1 aliphatic heterocycles. The van der Waals surface area contributed by atoms with E-state index >= 15 is 0 Å². The van der Waals surface area contributed by atoms with Crippen LogP contribution in [0.25, 0.3) is 0 Å². The molecule has 0 aliphatic carbocycles. The van der Waals surface area contributed by atoms with Gasteiger partial charge in [0.05, 0.1) is 18.1 Å². The van der Waals surface area contributed by atoms with Crippen LogP contribution in [0.1, 0.15) is 20.8 Å². The minimum absolute atomic E-state index is 0.109. The predicted molar refractivity (Wildman–Crippen MR) is 43.3 cm³/mol. The summed E-state index contributed by atoms with van der Waals surface area (Å²) < 4.78 is 5.41. The van der Waals surface area contributed by atoms with E-state index in [4.69, 9.17) is 4.74 Å². The molecule has 1 rings (SSSR count). The van der Waals surface area contributed by atoms with Gasteiger partial charge in [0.15, 0.2) is 0 Å². The Morgan fingerprint density at radius 2 is 2.27 bits per heavy atom. The first-order valence-corrected chi connectivity index (χ1v) is 3.77. The van der Waals surface area contributed by atoms with Crippen LogP contribution in [-0.4, -0.2) is 18.0 Å². The van der Waals surface area contributed by atoms with E-state index in [1.165, 1.54) is 0 Å². The molecule has 2 heteroatoms. The van der Waals surface area contributed by atoms with Crippen molar-refractivity contribution in [3.05, 3.63) is 12.2 Å². The van der Waals surface area contributed by atoms with Crippen molar-refractivity contribution in [1.29, 1.82) is 0 Å². The molecule has 1 heterocycles. The molecule has 0 saturated carbocycles. The van der Waals surface area contributed by atoms with Crippen LogP contribution >= 0.6 is 0 Å². The smallest absolute Gasteiger partial charge is 0.139 e. The van der Waals surface area contributed by atoms with Crippen molar-refractivity contribution in [2.24, 2.45) is 5.92 Å². The lowest BCUT2D eigenvalue weighted by Gasteiger charge is -2.23. The molecule has 0 N–H and O–H groups in total. The van der Waals surface area contributed by atoms with Crippen LogP contribution in [0.5, 0.6) is 0 Å². The summed E-state index contributed by atoms with van der Waals surface area (Å²) in [5.74, 6) is 0.0417. The highest BCUT2D eigenvalue weighted by molar-refractivity contribution is 5.82. The second-order valence-corrected chi connectivity index (χ2v) is 3.59. The Labute approximate surface area is 67.2 Å². The van der Waals surface area contributed by atoms with Crippen LogP contribution < -0.4 is 0 Å². The predicted octanol–water partition coefficient (Wildman–Crippen LogP) is 1.56. The van der Waals surface area contributed by atoms with Crippen molar-refractivity contribution in [3.8, 4) is 0 Å². The molecular weight excluding hydrogens is 140 g/mol. The van der Waals surface area contributed by atoms with Crippen molar-refractivity contribution < 1.29 is 9.53 Å². The number of rotatable bonds is 1. The Morgan fingerprint density at radius 1 is 1.73 bits per heavy atom. The van der Waals surface area contributed by atoms with Gasteiger partial charge in [-0.2, -0.15) is 0 Å². The molecule has 1 aliphatic rings. The fraction of sp³-hybridized carbons (Fsp3) is 0.667. The molecule has 1 atom stereocenters. The summed E-state index contributed by atoms with van der Waals surface area (Å²) in [5, 5.41) is 0. The lowest BCUT2D eigenvalue weighted by atomic mass is 9.85. The number of hydrogen-bond acceptors (Lipinski definition) is 2. The SMILES string of the molecule is C=C1COC(C)(C)C1C(C)=O. The largest absolute Gasteiger partial charge is 0.370 e. The quantitative estimate of drug-likeness (QED) is 0.536. The van der Waals surface area contributed by atoms with E-state index < -0.39 is 0 Å². The number of ketones is 1. The lowest BCUT2D eigenvalue weighted by molar-refractivity contribution is -0.124. The van der Waals surface area contributed by atoms with E-state index in [0.29, 0.717) is 6.61 Å². The van der Waals surface area contributed by atoms with E-state index in [1.54, 1.807) is 6.92 Å². The van der Waals surface area contributed by atoms with Crippen LogP contribution in [0.2, 0.25) is 0 Å². The van der Waals surface area contributed by atoms with Gasteiger partial charge in [-0.05, 0) is 26.3 Å². The fourth-order valence-electron chi connectivity index (χ4n) is 1.71. The van der Waals surface area contributed by atoms with Crippen LogP contribution in [-0.2, 0) is 9.53 Å². The maximum atomic E-state index is 11.1. The van der Waals surface area contributed by atoms with Crippen molar-refractivity contribution in [3.63, 3.8) is 0 Å². The Bertz CT molecular complexity index is 204. The van der Waals surface area contributed by atoms with Gasteiger partial charge in [-0.3, -0.25) is 4.79 Å². The summed E-state index contributed by atoms with van der Waals surface area (Å²) in [6.45, 7) is 9.78. The van der Waals surface area contributed by atoms with Crippen molar-refractivity contribution >= 4 is 5.78 Å². The van der Waals surface area contributed by atoms with Gasteiger partial charge in [0.2, 0.25) is 0 Å². The average Bonchev–Trinajstić information content (AvgIpc) is 2.06. The molecule has 0 bridgehead atoms. The number of carbonyl (C=O) groups is 1. The summed E-state index contributed by atoms with van der Waals surface area (Å²) in [6, 6.07) is 0. The maximum absolute atomic E-state index is 11.1. The first-order valence-electron chi connectivity index (χ1n) is 3.77. The Kier molecular flexibility index (Phi) is 1.89. The Morgan fingerprint density at radius 3 is 2.45 bits per heavy atom. The standard InChI is InChI=1S/C9H14O2/c1-6-5-11-9(3,4)8(6)7(2)10/h8H,1,5H2,2-4H3. The third-order valence-corrected chi connectivity index (χ3v) is 2.14. The molecule has 0 aromatic heterocycles. The highest BCUT2D eigenvalue weighted by Crippen LogP contribution is 2.34. The summed E-state index contributed by atoms with van der Waals surface area (Å²) in [6.07, 6.45) is 0. The highest BCUT2D eigenvalue weighted by Gasteiger charge is 2.41. The zero-order chi connectivity index (χ0) is 8.65. The first-order chi connectivity index (χ1) is 4.95. The molecule has 0 spiro atoms. The van der Waals surface area contributed by atoms with E-state index in [-0.39, 0.29) is 17.3 Å². The number of Topliss-reactive ketones (excluding diaryl/α,β-unsaturated/α-hetero) is 1. The molecule has 0 amide bonds. The Balaban J connectivity index is 2.89. The summed E-state index contributed by atoms with van der Waals surface area (Å²) in [5.41, 5.74) is 0.561. The van der Waals surface area contributed by atoms with Crippen molar-refractivity contribution in [1.82, 2.24) is 0 Å². The fourth-order valence-corrected chi connectivity index (χ4v) is 1.71. The molecule has 1 unspecified atom stereocenters. The summed E-state index contributed by atoms with van der Waals surface area (Å²) in [7, 11) is 0. The van der Waals surface area contributed by atoms with Crippen molar-refractivity contribution in [2.45, 2.75) is 26.4 Å².